The van der Waals surface area contributed by atoms with Crippen molar-refractivity contribution in [1.82, 2.24) is 10.2 Å². The van der Waals surface area contributed by atoms with Crippen LogP contribution in [0.15, 0.2) is 0 Å². The van der Waals surface area contributed by atoms with Crippen LogP contribution >= 0.6 is 0 Å². The minimum Gasteiger partial charge on any atom is -0.444 e. The molecule has 6 nitrogen and oxygen atoms in total. The summed E-state index contributed by atoms with van der Waals surface area (Å²) in [4.78, 5) is 37.6. The maximum absolute atomic E-state index is 12.7. The molecule has 0 bridgehead atoms. The molecule has 2 unspecified atom stereocenters. The molecule has 6 heteroatoms. The zero-order chi connectivity index (χ0) is 16.9. The monoisotopic (exact) mass is 312 g/mol. The van der Waals surface area contributed by atoms with Gasteiger partial charge in [-0.15, -0.1) is 0 Å². The third-order valence-electron chi connectivity index (χ3n) is 3.78. The molecule has 0 aromatic heterocycles. The highest BCUT2D eigenvalue weighted by molar-refractivity contribution is 5.88. The third-order valence-corrected chi connectivity index (χ3v) is 3.78. The number of ether oxygens (including phenoxy) is 1. The second-order valence-electron chi connectivity index (χ2n) is 6.87. The van der Waals surface area contributed by atoms with Gasteiger partial charge in [0.05, 0.1) is 0 Å². The number of alkyl carbamates (subject to hydrolysis) is 1. The predicted molar refractivity (Wildman–Crippen MR) is 83.4 cm³/mol. The van der Waals surface area contributed by atoms with Crippen LogP contribution in [0.2, 0.25) is 0 Å². The molecular weight excluding hydrogens is 284 g/mol. The lowest BCUT2D eigenvalue weighted by atomic mass is 9.97. The molecule has 1 saturated heterocycles. The van der Waals surface area contributed by atoms with E-state index >= 15 is 0 Å². The van der Waals surface area contributed by atoms with Crippen LogP contribution in [0.4, 0.5) is 4.79 Å². The first-order valence-electron chi connectivity index (χ1n) is 7.94. The molecule has 0 radical (unpaired) electrons. The van der Waals surface area contributed by atoms with Gasteiger partial charge in [0.25, 0.3) is 0 Å². The molecule has 126 valence electrons. The van der Waals surface area contributed by atoms with Gasteiger partial charge in [-0.05, 0) is 26.7 Å². The number of ketones is 1. The summed E-state index contributed by atoms with van der Waals surface area (Å²) in [6, 6.07) is -0.618. The Kier molecular flexibility index (Phi) is 6.38. The molecule has 1 aliphatic heterocycles. The minimum absolute atomic E-state index is 0.00218. The van der Waals surface area contributed by atoms with Gasteiger partial charge in [-0.1, -0.05) is 20.3 Å². The first-order valence-corrected chi connectivity index (χ1v) is 7.94. The van der Waals surface area contributed by atoms with Crippen LogP contribution < -0.4 is 5.32 Å². The van der Waals surface area contributed by atoms with E-state index < -0.39 is 17.7 Å². The number of amides is 2. The summed E-state index contributed by atoms with van der Waals surface area (Å²) in [7, 11) is 0. The zero-order valence-electron chi connectivity index (χ0n) is 14.3. The Balaban J connectivity index is 2.73. The van der Waals surface area contributed by atoms with E-state index in [4.69, 9.17) is 4.74 Å². The zero-order valence-corrected chi connectivity index (χ0v) is 14.3. The highest BCUT2D eigenvalue weighted by Crippen LogP contribution is 2.15. The van der Waals surface area contributed by atoms with Crippen molar-refractivity contribution in [3.8, 4) is 0 Å². The molecule has 2 atom stereocenters. The second-order valence-corrected chi connectivity index (χ2v) is 6.87. The van der Waals surface area contributed by atoms with Gasteiger partial charge in [0.1, 0.15) is 17.4 Å². The molecule has 1 rings (SSSR count). The van der Waals surface area contributed by atoms with Crippen LogP contribution in [0.3, 0.4) is 0 Å². The number of nitrogens with zero attached hydrogens (tertiary/aromatic N) is 1. The summed E-state index contributed by atoms with van der Waals surface area (Å²) >= 11 is 0. The van der Waals surface area contributed by atoms with Crippen molar-refractivity contribution < 1.29 is 19.1 Å². The van der Waals surface area contributed by atoms with Crippen molar-refractivity contribution in [2.45, 2.75) is 65.5 Å². The molecule has 1 fully saturated rings. The van der Waals surface area contributed by atoms with Gasteiger partial charge < -0.3 is 15.0 Å². The molecule has 0 aliphatic carbocycles. The third kappa shape index (κ3) is 5.66. The van der Waals surface area contributed by atoms with Crippen molar-refractivity contribution in [2.24, 2.45) is 5.92 Å². The maximum Gasteiger partial charge on any atom is 0.408 e. The van der Waals surface area contributed by atoms with E-state index in [-0.39, 0.29) is 17.6 Å². The van der Waals surface area contributed by atoms with Gasteiger partial charge in [0.2, 0.25) is 5.91 Å². The molecule has 0 saturated carbocycles. The van der Waals surface area contributed by atoms with E-state index in [1.165, 1.54) is 0 Å². The fraction of sp³-hybridized carbons (Fsp3) is 0.812. The topological polar surface area (TPSA) is 75.7 Å². The van der Waals surface area contributed by atoms with Crippen LogP contribution in [0.1, 0.15) is 53.9 Å². The van der Waals surface area contributed by atoms with Crippen LogP contribution in [0, 0.1) is 5.92 Å². The summed E-state index contributed by atoms with van der Waals surface area (Å²) in [6.45, 7) is 10.1. The first kappa shape index (κ1) is 18.5. The summed E-state index contributed by atoms with van der Waals surface area (Å²) in [5, 5.41) is 2.70. The van der Waals surface area contributed by atoms with Gasteiger partial charge in [0, 0.05) is 25.9 Å². The van der Waals surface area contributed by atoms with E-state index in [0.29, 0.717) is 25.9 Å². The smallest absolute Gasteiger partial charge is 0.408 e. The number of likely N-dealkylation sites (tertiary alicyclic amines) is 1. The number of carbonyl (C=O) groups is 3. The lowest BCUT2D eigenvalue weighted by molar-refractivity contribution is -0.137. The Labute approximate surface area is 132 Å². The number of rotatable bonds is 4. The van der Waals surface area contributed by atoms with Crippen molar-refractivity contribution in [2.75, 3.05) is 13.1 Å². The first-order chi connectivity index (χ1) is 10.1. The average Bonchev–Trinajstić information content (AvgIpc) is 2.42. The molecule has 1 aliphatic rings. The standard InChI is InChI=1S/C16H28N2O4/c1-6-11(2)13(17-15(21)22-16(3,4)5)14(20)18-9-7-12(19)8-10-18/h11,13H,6-10H2,1-5H3,(H,17,21). The van der Waals surface area contributed by atoms with Crippen molar-refractivity contribution in [1.29, 1.82) is 0 Å². The van der Waals surface area contributed by atoms with Crippen LogP contribution in [0.5, 0.6) is 0 Å². The van der Waals surface area contributed by atoms with Crippen molar-refractivity contribution in [3.63, 3.8) is 0 Å². The Morgan fingerprint density at radius 3 is 2.27 bits per heavy atom. The molecule has 0 aromatic rings. The molecule has 1 N–H and O–H groups in total. The average molecular weight is 312 g/mol. The van der Waals surface area contributed by atoms with Crippen molar-refractivity contribution >= 4 is 17.8 Å². The lowest BCUT2D eigenvalue weighted by Crippen LogP contribution is -2.54. The lowest BCUT2D eigenvalue weighted by Gasteiger charge is -2.33. The van der Waals surface area contributed by atoms with E-state index in [0.717, 1.165) is 6.42 Å². The van der Waals surface area contributed by atoms with E-state index in [9.17, 15) is 14.4 Å². The minimum atomic E-state index is -0.618. The fourth-order valence-electron chi connectivity index (χ4n) is 2.29. The van der Waals surface area contributed by atoms with Gasteiger partial charge in [-0.25, -0.2) is 4.79 Å². The Hall–Kier alpha value is -1.59. The second kappa shape index (κ2) is 7.61. The fourth-order valence-corrected chi connectivity index (χ4v) is 2.29. The van der Waals surface area contributed by atoms with Gasteiger partial charge >= 0.3 is 6.09 Å². The maximum atomic E-state index is 12.7. The van der Waals surface area contributed by atoms with Gasteiger partial charge in [-0.2, -0.15) is 0 Å². The van der Waals surface area contributed by atoms with E-state index in [2.05, 4.69) is 5.32 Å². The van der Waals surface area contributed by atoms with E-state index in [1.807, 2.05) is 13.8 Å². The van der Waals surface area contributed by atoms with E-state index in [1.54, 1.807) is 25.7 Å². The van der Waals surface area contributed by atoms with Crippen molar-refractivity contribution in [3.05, 3.63) is 0 Å². The van der Waals surface area contributed by atoms with Crippen LogP contribution in [0.25, 0.3) is 0 Å². The molecule has 1 heterocycles. The number of hydrogen-bond acceptors (Lipinski definition) is 4. The number of Topliss-reactive ketones (excluding diaryl/α,β-unsaturated/α-hetero) is 1. The predicted octanol–water partition coefficient (Wildman–Crippen LogP) is 2.12. The van der Waals surface area contributed by atoms with Crippen LogP contribution in [-0.4, -0.2) is 47.4 Å². The number of piperidine rings is 1. The van der Waals surface area contributed by atoms with Crippen LogP contribution in [-0.2, 0) is 14.3 Å². The summed E-state index contributed by atoms with van der Waals surface area (Å²) < 4.78 is 5.24. The quantitative estimate of drug-likeness (QED) is 0.862. The molecule has 0 aromatic carbocycles. The SMILES string of the molecule is CCC(C)C(NC(=O)OC(C)(C)C)C(=O)N1CCC(=O)CC1. The molecular formula is C16H28N2O4. The number of nitrogens with one attached hydrogen (secondary N) is 1. The molecule has 0 spiro atoms. The summed E-state index contributed by atoms with van der Waals surface area (Å²) in [5.41, 5.74) is -0.606. The Morgan fingerprint density at radius 1 is 1.27 bits per heavy atom. The Morgan fingerprint density at radius 2 is 1.82 bits per heavy atom. The largest absolute Gasteiger partial charge is 0.444 e. The number of hydrogen-bond donors (Lipinski definition) is 1. The highest BCUT2D eigenvalue weighted by atomic mass is 16.6. The highest BCUT2D eigenvalue weighted by Gasteiger charge is 2.32. The normalized spacial score (nSPS) is 18.6. The molecule has 2 amide bonds. The van der Waals surface area contributed by atoms with Gasteiger partial charge in [-0.3, -0.25) is 9.59 Å². The molecule has 22 heavy (non-hydrogen) atoms. The van der Waals surface area contributed by atoms with Gasteiger partial charge in [0.15, 0.2) is 0 Å². The Bertz CT molecular complexity index is 418. The summed E-state index contributed by atoms with van der Waals surface area (Å²) in [6.07, 6.45) is 0.967. The summed E-state index contributed by atoms with van der Waals surface area (Å²) in [5.74, 6) is 0.0506. The number of carbonyl (C=O) groups excluding carboxylic acids is 3.